The fraction of sp³-hybridized carbons (Fsp3) is 0.522. The van der Waals surface area contributed by atoms with Crippen LogP contribution in [0.15, 0.2) is 30.1 Å². The molecule has 0 unspecified atom stereocenters. The number of hydrogen-bond acceptors (Lipinski definition) is 6. The molecule has 4 aliphatic rings. The minimum absolute atomic E-state index is 0.0919. The van der Waals surface area contributed by atoms with Gasteiger partial charge in [0.05, 0.1) is 19.8 Å². The molecule has 1 aromatic rings. The minimum Gasteiger partial charge on any atom is -0.393 e. The predicted octanol–water partition coefficient (Wildman–Crippen LogP) is 1.47. The number of rotatable bonds is 4. The molecule has 2 saturated carbocycles. The zero-order chi connectivity index (χ0) is 20.7. The highest BCUT2D eigenvalue weighted by Gasteiger charge is 2.47. The Morgan fingerprint density at radius 1 is 1.30 bits per heavy atom. The monoisotopic (exact) mass is 408 g/mol. The van der Waals surface area contributed by atoms with Crippen LogP contribution in [0.3, 0.4) is 0 Å². The highest BCUT2D eigenvalue weighted by molar-refractivity contribution is 6.06. The first kappa shape index (κ1) is 19.4. The first-order valence-corrected chi connectivity index (χ1v) is 10.7. The molecule has 2 aliphatic heterocycles. The minimum atomic E-state index is -0.402. The third kappa shape index (κ3) is 4.04. The van der Waals surface area contributed by atoms with Crippen LogP contribution < -0.4 is 16.5 Å². The van der Waals surface area contributed by atoms with Gasteiger partial charge in [-0.05, 0) is 49.8 Å². The van der Waals surface area contributed by atoms with E-state index in [1.165, 1.54) is 36.9 Å². The van der Waals surface area contributed by atoms with Gasteiger partial charge in [0.2, 0.25) is 0 Å². The van der Waals surface area contributed by atoms with E-state index in [1.54, 1.807) is 4.90 Å². The van der Waals surface area contributed by atoms with Crippen LogP contribution in [0.25, 0.3) is 0 Å². The lowest BCUT2D eigenvalue weighted by molar-refractivity contribution is -0.211. The van der Waals surface area contributed by atoms with Gasteiger partial charge in [0, 0.05) is 35.3 Å². The number of fused-ring (bicyclic) bond motifs is 1. The number of carbonyl (C=O) groups is 1. The fourth-order valence-electron chi connectivity index (χ4n) is 3.98. The molecule has 30 heavy (non-hydrogen) atoms. The topological polar surface area (TPSA) is 94.0 Å². The summed E-state index contributed by atoms with van der Waals surface area (Å²) in [6, 6.07) is 5.92. The highest BCUT2D eigenvalue weighted by atomic mass is 16.7. The molecule has 7 nitrogen and oxygen atoms in total. The third-order valence-electron chi connectivity index (χ3n) is 6.28. The summed E-state index contributed by atoms with van der Waals surface area (Å²) >= 11 is 0. The summed E-state index contributed by atoms with van der Waals surface area (Å²) in [7, 11) is 0. The van der Waals surface area contributed by atoms with Crippen molar-refractivity contribution < 1.29 is 14.3 Å². The second-order valence-electron chi connectivity index (χ2n) is 8.89. The Morgan fingerprint density at radius 3 is 2.77 bits per heavy atom. The average molecular weight is 409 g/mol. The van der Waals surface area contributed by atoms with E-state index in [2.05, 4.69) is 11.8 Å². The number of hydrazine groups is 1. The van der Waals surface area contributed by atoms with E-state index in [0.717, 1.165) is 23.2 Å². The number of nitrogens with two attached hydrogens (primary N) is 2. The maximum Gasteiger partial charge on any atom is 0.275 e. The molecule has 1 aromatic carbocycles. The Morgan fingerprint density at radius 2 is 2.07 bits per heavy atom. The summed E-state index contributed by atoms with van der Waals surface area (Å²) in [6.07, 6.45) is 6.56. The molecule has 0 radical (unpaired) electrons. The van der Waals surface area contributed by atoms with Gasteiger partial charge in [-0.3, -0.25) is 4.79 Å². The van der Waals surface area contributed by atoms with Crippen molar-refractivity contribution in [2.75, 3.05) is 31.2 Å². The Bertz CT molecular complexity index is 930. The molecule has 2 aliphatic carbocycles. The molecule has 7 heteroatoms. The third-order valence-corrected chi connectivity index (χ3v) is 6.28. The van der Waals surface area contributed by atoms with E-state index in [-0.39, 0.29) is 17.0 Å². The number of carbonyl (C=O) groups excluding carboxylic acids is 1. The summed E-state index contributed by atoms with van der Waals surface area (Å²) in [5.74, 6) is 12.9. The van der Waals surface area contributed by atoms with E-state index in [0.29, 0.717) is 32.2 Å². The molecule has 1 saturated heterocycles. The van der Waals surface area contributed by atoms with Crippen molar-refractivity contribution in [1.29, 1.82) is 0 Å². The summed E-state index contributed by atoms with van der Waals surface area (Å²) in [5.41, 5.74) is 9.45. The zero-order valence-corrected chi connectivity index (χ0v) is 17.1. The SMILES string of the molecule is N/C(=C\N(N)CC1OCC2(CC2)CO1)C(=O)N1CCc2c(C#CC3CC3)cccc21. The van der Waals surface area contributed by atoms with Crippen molar-refractivity contribution in [2.24, 2.45) is 22.9 Å². The fourth-order valence-corrected chi connectivity index (χ4v) is 3.98. The van der Waals surface area contributed by atoms with E-state index >= 15 is 0 Å². The molecule has 4 N–H and O–H groups in total. The number of hydrogen-bond donors (Lipinski definition) is 2. The van der Waals surface area contributed by atoms with Crippen molar-refractivity contribution in [3.05, 3.63) is 41.2 Å². The highest BCUT2D eigenvalue weighted by Crippen LogP contribution is 2.48. The largest absolute Gasteiger partial charge is 0.393 e. The van der Waals surface area contributed by atoms with Crippen LogP contribution in [0.5, 0.6) is 0 Å². The number of anilines is 1. The van der Waals surface area contributed by atoms with Gasteiger partial charge in [0.25, 0.3) is 5.91 Å². The normalized spacial score (nSPS) is 22.4. The lowest BCUT2D eigenvalue weighted by atomic mass is 10.1. The molecule has 0 atom stereocenters. The summed E-state index contributed by atoms with van der Waals surface area (Å²) in [4.78, 5) is 14.7. The molecular weight excluding hydrogens is 380 g/mol. The molecular formula is C23H28N4O3. The Balaban J connectivity index is 1.23. The molecule has 0 aromatic heterocycles. The van der Waals surface area contributed by atoms with Crippen LogP contribution in [0.4, 0.5) is 5.69 Å². The van der Waals surface area contributed by atoms with Gasteiger partial charge in [0.15, 0.2) is 6.29 Å². The van der Waals surface area contributed by atoms with E-state index < -0.39 is 6.29 Å². The maximum absolute atomic E-state index is 13.0. The molecule has 2 heterocycles. The van der Waals surface area contributed by atoms with Gasteiger partial charge in [-0.25, -0.2) is 5.84 Å². The quantitative estimate of drug-likeness (QED) is 0.339. The Labute approximate surface area is 176 Å². The van der Waals surface area contributed by atoms with Crippen molar-refractivity contribution in [2.45, 2.75) is 38.4 Å². The lowest BCUT2D eigenvalue weighted by Gasteiger charge is -2.31. The second-order valence-corrected chi connectivity index (χ2v) is 8.89. The van der Waals surface area contributed by atoms with E-state index in [9.17, 15) is 4.79 Å². The van der Waals surface area contributed by atoms with Crippen LogP contribution >= 0.6 is 0 Å². The maximum atomic E-state index is 13.0. The van der Waals surface area contributed by atoms with Gasteiger partial charge < -0.3 is 25.1 Å². The summed E-state index contributed by atoms with van der Waals surface area (Å²) in [5, 5.41) is 1.37. The van der Waals surface area contributed by atoms with E-state index in [1.807, 2.05) is 18.2 Å². The molecule has 1 amide bonds. The molecule has 5 rings (SSSR count). The van der Waals surface area contributed by atoms with Crippen molar-refractivity contribution in [3.8, 4) is 11.8 Å². The molecule has 1 spiro atoms. The second kappa shape index (κ2) is 7.62. The van der Waals surface area contributed by atoms with Crippen LogP contribution in [-0.2, 0) is 20.7 Å². The number of nitrogens with zero attached hydrogens (tertiary/aromatic N) is 2. The number of amides is 1. The molecule has 158 valence electrons. The smallest absolute Gasteiger partial charge is 0.275 e. The van der Waals surface area contributed by atoms with Crippen LogP contribution in [0, 0.1) is 23.2 Å². The molecule has 3 fully saturated rings. The van der Waals surface area contributed by atoms with Crippen LogP contribution in [0.2, 0.25) is 0 Å². The first-order chi connectivity index (χ1) is 14.5. The van der Waals surface area contributed by atoms with Crippen molar-refractivity contribution >= 4 is 11.6 Å². The summed E-state index contributed by atoms with van der Waals surface area (Å²) < 4.78 is 11.5. The molecule has 0 bridgehead atoms. The number of ether oxygens (including phenoxy) is 2. The summed E-state index contributed by atoms with van der Waals surface area (Å²) in [6.45, 7) is 2.33. The number of benzene rings is 1. The standard InChI is InChI=1S/C23H28N4O3/c24-19(12-26(25)13-21-29-14-23(9-10-23)15-30-21)22(28)27-11-8-18-17(2-1-3-20(18)27)7-6-16-4-5-16/h1-3,12,16,21H,4-5,8-11,13-15,24-25H2/b19-12-. The lowest BCUT2D eigenvalue weighted by Crippen LogP contribution is -2.43. The average Bonchev–Trinajstić information content (AvgIpc) is 3.67. The Kier molecular flexibility index (Phi) is 4.94. The van der Waals surface area contributed by atoms with Gasteiger partial charge in [-0.1, -0.05) is 17.9 Å². The van der Waals surface area contributed by atoms with Crippen LogP contribution in [-0.4, -0.2) is 43.5 Å². The van der Waals surface area contributed by atoms with Crippen molar-refractivity contribution in [1.82, 2.24) is 5.01 Å². The van der Waals surface area contributed by atoms with Gasteiger partial charge in [0.1, 0.15) is 5.70 Å². The van der Waals surface area contributed by atoms with E-state index in [4.69, 9.17) is 21.1 Å². The van der Waals surface area contributed by atoms with Gasteiger partial charge in [-0.2, -0.15) is 0 Å². The van der Waals surface area contributed by atoms with Crippen molar-refractivity contribution in [3.63, 3.8) is 0 Å². The van der Waals surface area contributed by atoms with Gasteiger partial charge in [-0.15, -0.1) is 0 Å². The van der Waals surface area contributed by atoms with Gasteiger partial charge >= 0.3 is 0 Å². The first-order valence-electron chi connectivity index (χ1n) is 10.7. The predicted molar refractivity (Wildman–Crippen MR) is 113 cm³/mol. The Hall–Kier alpha value is -2.53. The zero-order valence-electron chi connectivity index (χ0n) is 17.1. The van der Waals surface area contributed by atoms with Crippen LogP contribution in [0.1, 0.15) is 36.8 Å².